The number of anilines is 1. The summed E-state index contributed by atoms with van der Waals surface area (Å²) in [5, 5.41) is 5.88. The topological polar surface area (TPSA) is 58.2 Å². The van der Waals surface area contributed by atoms with Crippen LogP contribution >= 0.6 is 0 Å². The molecule has 148 valence electrons. The van der Waals surface area contributed by atoms with Gasteiger partial charge in [-0.15, -0.1) is 0 Å². The van der Waals surface area contributed by atoms with Gasteiger partial charge in [0.15, 0.2) is 0 Å². The van der Waals surface area contributed by atoms with Crippen LogP contribution in [0.4, 0.5) is 5.69 Å². The molecule has 1 heterocycles. The number of fused-ring (bicyclic) bond motifs is 1. The molecule has 4 heteroatoms. The van der Waals surface area contributed by atoms with E-state index in [4.69, 9.17) is 0 Å². The second kappa shape index (κ2) is 7.78. The second-order valence-electron chi connectivity index (χ2n) is 8.77. The van der Waals surface area contributed by atoms with Crippen molar-refractivity contribution < 1.29 is 9.59 Å². The van der Waals surface area contributed by atoms with Crippen molar-refractivity contribution in [1.29, 1.82) is 0 Å². The highest BCUT2D eigenvalue weighted by molar-refractivity contribution is 6.01. The fourth-order valence-corrected chi connectivity index (χ4v) is 3.90. The van der Waals surface area contributed by atoms with Gasteiger partial charge in [-0.3, -0.25) is 9.59 Å². The van der Waals surface area contributed by atoms with E-state index in [0.717, 1.165) is 17.7 Å². The summed E-state index contributed by atoms with van der Waals surface area (Å²) in [6.07, 6.45) is 0.982. The van der Waals surface area contributed by atoms with Crippen LogP contribution in [-0.4, -0.2) is 18.4 Å². The first-order valence-corrected chi connectivity index (χ1v) is 9.94. The van der Waals surface area contributed by atoms with E-state index < -0.39 is 5.92 Å². The number of benzene rings is 2. The van der Waals surface area contributed by atoms with Crippen molar-refractivity contribution in [2.45, 2.75) is 58.8 Å². The van der Waals surface area contributed by atoms with Crippen LogP contribution in [0.25, 0.3) is 0 Å². The Hall–Kier alpha value is -2.62. The maximum Gasteiger partial charge on any atom is 0.228 e. The summed E-state index contributed by atoms with van der Waals surface area (Å²) in [6.45, 7) is 11.5. The van der Waals surface area contributed by atoms with Gasteiger partial charge in [0.05, 0.1) is 5.92 Å². The van der Waals surface area contributed by atoms with Gasteiger partial charge in [-0.25, -0.2) is 0 Å². The Balaban J connectivity index is 1.68. The number of carbonyl (C=O) groups is 2. The molecule has 0 spiro atoms. The molecule has 0 fully saturated rings. The van der Waals surface area contributed by atoms with Crippen molar-refractivity contribution in [3.8, 4) is 0 Å². The number of rotatable bonds is 4. The largest absolute Gasteiger partial charge is 0.355 e. The van der Waals surface area contributed by atoms with Gasteiger partial charge in [-0.2, -0.15) is 0 Å². The van der Waals surface area contributed by atoms with E-state index in [1.807, 2.05) is 24.3 Å². The van der Waals surface area contributed by atoms with E-state index in [1.165, 1.54) is 22.3 Å². The number of amides is 2. The van der Waals surface area contributed by atoms with Gasteiger partial charge in [0.2, 0.25) is 11.8 Å². The Morgan fingerprint density at radius 2 is 1.79 bits per heavy atom. The highest BCUT2D eigenvalue weighted by atomic mass is 16.2. The number of carbonyl (C=O) groups excluding carboxylic acids is 2. The Labute approximate surface area is 167 Å². The number of nitrogens with one attached hydrogen (secondary N) is 2. The Bertz CT molecular complexity index is 886. The Morgan fingerprint density at radius 1 is 1.14 bits per heavy atom. The molecular formula is C24H30N2O2. The Morgan fingerprint density at radius 3 is 2.43 bits per heavy atom. The van der Waals surface area contributed by atoms with Crippen LogP contribution in [-0.2, 0) is 21.4 Å². The molecule has 1 atom stereocenters. The summed E-state index contributed by atoms with van der Waals surface area (Å²) in [4.78, 5) is 24.7. The highest BCUT2D eigenvalue weighted by Crippen LogP contribution is 2.32. The molecule has 2 aromatic carbocycles. The van der Waals surface area contributed by atoms with Gasteiger partial charge < -0.3 is 10.6 Å². The predicted octanol–water partition coefficient (Wildman–Crippen LogP) is 4.39. The van der Waals surface area contributed by atoms with Crippen LogP contribution in [0.5, 0.6) is 0 Å². The van der Waals surface area contributed by atoms with E-state index in [1.54, 1.807) is 0 Å². The third-order valence-corrected chi connectivity index (χ3v) is 5.55. The van der Waals surface area contributed by atoms with Gasteiger partial charge in [-0.05, 0) is 59.6 Å². The molecule has 1 aliphatic rings. The summed E-state index contributed by atoms with van der Waals surface area (Å²) in [6, 6.07) is 12.0. The van der Waals surface area contributed by atoms with Crippen molar-refractivity contribution >= 4 is 17.5 Å². The molecule has 2 N–H and O–H groups in total. The number of para-hydroxylation sites is 1. The summed E-state index contributed by atoms with van der Waals surface area (Å²) in [5.41, 5.74) is 6.90. The molecule has 0 saturated heterocycles. The standard InChI is InChI=1S/C24H30N2O2/c1-15-12-17(24(3,4)5)13-16(2)18(15)10-11-25-23(28)20-14-22(27)26-21-9-7-6-8-19(20)21/h6-9,12-13,20H,10-11,14H2,1-5H3,(H,25,28)(H,26,27)/t20-/m1/s1. The van der Waals surface area contributed by atoms with Gasteiger partial charge in [-0.1, -0.05) is 51.1 Å². The maximum atomic E-state index is 12.8. The van der Waals surface area contributed by atoms with Crippen LogP contribution < -0.4 is 10.6 Å². The van der Waals surface area contributed by atoms with E-state index in [2.05, 4.69) is 57.4 Å². The van der Waals surface area contributed by atoms with Gasteiger partial charge >= 0.3 is 0 Å². The summed E-state index contributed by atoms with van der Waals surface area (Å²) >= 11 is 0. The highest BCUT2D eigenvalue weighted by Gasteiger charge is 2.30. The van der Waals surface area contributed by atoms with Crippen LogP contribution in [0, 0.1) is 13.8 Å². The third kappa shape index (κ3) is 4.27. The monoisotopic (exact) mass is 378 g/mol. The van der Waals surface area contributed by atoms with Crippen LogP contribution in [0.2, 0.25) is 0 Å². The molecule has 1 aliphatic heterocycles. The third-order valence-electron chi connectivity index (χ3n) is 5.55. The van der Waals surface area contributed by atoms with E-state index >= 15 is 0 Å². The average molecular weight is 379 g/mol. The van der Waals surface area contributed by atoms with E-state index in [-0.39, 0.29) is 23.7 Å². The predicted molar refractivity (Wildman–Crippen MR) is 114 cm³/mol. The average Bonchev–Trinajstić information content (AvgIpc) is 2.62. The van der Waals surface area contributed by atoms with Crippen molar-refractivity contribution in [3.63, 3.8) is 0 Å². The zero-order chi connectivity index (χ0) is 20.5. The Kier molecular flexibility index (Phi) is 5.59. The van der Waals surface area contributed by atoms with E-state index in [9.17, 15) is 9.59 Å². The molecule has 2 aromatic rings. The molecule has 0 aromatic heterocycles. The lowest BCUT2D eigenvalue weighted by Crippen LogP contribution is -2.36. The molecule has 0 saturated carbocycles. The normalized spacial score (nSPS) is 16.3. The lowest BCUT2D eigenvalue weighted by atomic mass is 9.83. The fourth-order valence-electron chi connectivity index (χ4n) is 3.90. The molecule has 0 radical (unpaired) electrons. The molecular weight excluding hydrogens is 348 g/mol. The molecule has 4 nitrogen and oxygen atoms in total. The first-order valence-electron chi connectivity index (χ1n) is 9.94. The van der Waals surface area contributed by atoms with Gasteiger partial charge in [0.25, 0.3) is 0 Å². The lowest BCUT2D eigenvalue weighted by Gasteiger charge is -2.25. The molecule has 2 amide bonds. The van der Waals surface area contributed by atoms with Gasteiger partial charge in [0, 0.05) is 18.7 Å². The molecule has 3 rings (SSSR count). The number of aryl methyl sites for hydroxylation is 2. The molecule has 0 bridgehead atoms. The quantitative estimate of drug-likeness (QED) is 0.829. The zero-order valence-corrected chi connectivity index (χ0v) is 17.5. The van der Waals surface area contributed by atoms with Crippen LogP contribution in [0.3, 0.4) is 0 Å². The number of hydrogen-bond acceptors (Lipinski definition) is 2. The summed E-state index contributed by atoms with van der Waals surface area (Å²) in [7, 11) is 0. The maximum absolute atomic E-state index is 12.8. The van der Waals surface area contributed by atoms with Crippen molar-refractivity contribution in [3.05, 3.63) is 64.2 Å². The first-order chi connectivity index (χ1) is 13.2. The smallest absolute Gasteiger partial charge is 0.228 e. The van der Waals surface area contributed by atoms with Crippen LogP contribution in [0.1, 0.15) is 60.9 Å². The van der Waals surface area contributed by atoms with Crippen molar-refractivity contribution in [2.24, 2.45) is 0 Å². The second-order valence-corrected chi connectivity index (χ2v) is 8.77. The summed E-state index contributed by atoms with van der Waals surface area (Å²) < 4.78 is 0. The minimum absolute atomic E-state index is 0.0797. The zero-order valence-electron chi connectivity index (χ0n) is 17.5. The lowest BCUT2D eigenvalue weighted by molar-refractivity contribution is -0.126. The molecule has 0 aliphatic carbocycles. The van der Waals surface area contributed by atoms with Crippen LogP contribution in [0.15, 0.2) is 36.4 Å². The van der Waals surface area contributed by atoms with Crippen molar-refractivity contribution in [2.75, 3.05) is 11.9 Å². The molecule has 28 heavy (non-hydrogen) atoms. The first kappa shape index (κ1) is 20.1. The SMILES string of the molecule is Cc1cc(C(C)(C)C)cc(C)c1CCNC(=O)[C@@H]1CC(=O)Nc2ccccc21. The van der Waals surface area contributed by atoms with E-state index in [0.29, 0.717) is 6.54 Å². The van der Waals surface area contributed by atoms with Crippen molar-refractivity contribution in [1.82, 2.24) is 5.32 Å². The fraction of sp³-hybridized carbons (Fsp3) is 0.417. The minimum atomic E-state index is -0.421. The molecule has 0 unspecified atom stereocenters. The number of hydrogen-bond donors (Lipinski definition) is 2. The minimum Gasteiger partial charge on any atom is -0.355 e. The van der Waals surface area contributed by atoms with Gasteiger partial charge in [0.1, 0.15) is 0 Å². The summed E-state index contributed by atoms with van der Waals surface area (Å²) in [5.74, 6) is -0.609.